The molecule has 0 spiro atoms. The summed E-state index contributed by atoms with van der Waals surface area (Å²) in [5.41, 5.74) is 0.419. The molecule has 3 unspecified atom stereocenters. The molecule has 0 bridgehead atoms. The number of carbonyl (C=O) groups is 2. The summed E-state index contributed by atoms with van der Waals surface area (Å²) in [5, 5.41) is 3.49. The van der Waals surface area contributed by atoms with Crippen LogP contribution in [0.1, 0.15) is 31.2 Å². The molecule has 7 nitrogen and oxygen atoms in total. The Balaban J connectivity index is 1.65. The lowest BCUT2D eigenvalue weighted by molar-refractivity contribution is -0.150. The second-order valence-corrected chi connectivity index (χ2v) is 8.24. The number of imide groups is 1. The molecule has 3 fully saturated rings. The van der Waals surface area contributed by atoms with Gasteiger partial charge in [-0.2, -0.15) is 0 Å². The third kappa shape index (κ3) is 3.14. The quantitative estimate of drug-likeness (QED) is 0.611. The predicted octanol–water partition coefficient (Wildman–Crippen LogP) is 2.60. The minimum absolute atomic E-state index is 0.0424. The Labute approximate surface area is 168 Å². The van der Waals surface area contributed by atoms with Crippen LogP contribution in [-0.4, -0.2) is 49.6 Å². The van der Waals surface area contributed by atoms with Crippen molar-refractivity contribution in [2.24, 2.45) is 5.92 Å². The van der Waals surface area contributed by atoms with Crippen molar-refractivity contribution < 1.29 is 23.8 Å². The van der Waals surface area contributed by atoms with E-state index in [2.05, 4.69) is 5.32 Å². The van der Waals surface area contributed by atoms with Crippen molar-refractivity contribution in [3.63, 3.8) is 0 Å². The molecule has 1 N–H and O–H groups in total. The molecule has 1 aromatic carbocycles. The van der Waals surface area contributed by atoms with E-state index in [1.807, 2.05) is 0 Å². The first-order chi connectivity index (χ1) is 13.6. The first-order valence-corrected chi connectivity index (χ1v) is 10.3. The zero-order valence-electron chi connectivity index (χ0n) is 16.2. The standard InChI is InChI=1S/C20H24N2O5S/c1-25-14-8-11(9-15(26-2)17(14)27-3)10-16-19(24)22-18(23)12-6-4-5-7-13(12)21-20(22)28-16/h8-10,12-13,20-21H,4-7H2,1-3H3. The van der Waals surface area contributed by atoms with Gasteiger partial charge in [-0.1, -0.05) is 24.6 Å². The predicted molar refractivity (Wildman–Crippen MR) is 106 cm³/mol. The van der Waals surface area contributed by atoms with Gasteiger partial charge in [-0.3, -0.25) is 19.8 Å². The fourth-order valence-electron chi connectivity index (χ4n) is 4.19. The highest BCUT2D eigenvalue weighted by atomic mass is 32.2. The number of ether oxygens (including phenoxy) is 3. The largest absolute Gasteiger partial charge is 0.493 e. The van der Waals surface area contributed by atoms with Crippen molar-refractivity contribution in [2.45, 2.75) is 37.2 Å². The van der Waals surface area contributed by atoms with E-state index in [1.54, 1.807) is 39.5 Å². The van der Waals surface area contributed by atoms with Crippen LogP contribution in [0.25, 0.3) is 6.08 Å². The van der Waals surface area contributed by atoms with Crippen molar-refractivity contribution in [3.8, 4) is 17.2 Å². The molecule has 1 aliphatic carbocycles. The topological polar surface area (TPSA) is 77.1 Å². The molecule has 4 rings (SSSR count). The molecule has 0 aromatic heterocycles. The number of hydrogen-bond acceptors (Lipinski definition) is 7. The summed E-state index contributed by atoms with van der Waals surface area (Å²) in [5.74, 6) is 1.15. The van der Waals surface area contributed by atoms with Crippen molar-refractivity contribution in [1.29, 1.82) is 0 Å². The summed E-state index contributed by atoms with van der Waals surface area (Å²) in [6.45, 7) is 0. The molecule has 8 heteroatoms. The summed E-state index contributed by atoms with van der Waals surface area (Å²) in [6.07, 6.45) is 5.78. The first kappa shape index (κ1) is 19.1. The van der Waals surface area contributed by atoms with Gasteiger partial charge in [0.2, 0.25) is 11.7 Å². The van der Waals surface area contributed by atoms with Gasteiger partial charge in [-0.25, -0.2) is 0 Å². The summed E-state index contributed by atoms with van der Waals surface area (Å²) in [7, 11) is 4.64. The average molecular weight is 404 g/mol. The van der Waals surface area contributed by atoms with Gasteiger partial charge in [0, 0.05) is 6.04 Å². The highest BCUT2D eigenvalue weighted by Crippen LogP contribution is 2.43. The molecule has 2 aliphatic heterocycles. The first-order valence-electron chi connectivity index (χ1n) is 9.39. The Morgan fingerprint density at radius 1 is 1.07 bits per heavy atom. The van der Waals surface area contributed by atoms with Gasteiger partial charge in [0.1, 0.15) is 5.50 Å². The van der Waals surface area contributed by atoms with Crippen molar-refractivity contribution in [1.82, 2.24) is 10.2 Å². The number of rotatable bonds is 4. The summed E-state index contributed by atoms with van der Waals surface area (Å²) in [6, 6.07) is 3.74. The van der Waals surface area contributed by atoms with Crippen molar-refractivity contribution in [2.75, 3.05) is 21.3 Å². The molecule has 2 saturated heterocycles. The molecule has 3 aliphatic rings. The molecule has 2 heterocycles. The third-order valence-electron chi connectivity index (χ3n) is 5.56. The van der Waals surface area contributed by atoms with E-state index in [0.717, 1.165) is 31.2 Å². The van der Waals surface area contributed by atoms with Gasteiger partial charge in [0.05, 0.1) is 32.2 Å². The molecular weight excluding hydrogens is 380 g/mol. The Morgan fingerprint density at radius 3 is 2.39 bits per heavy atom. The number of thioether (sulfide) groups is 1. The van der Waals surface area contributed by atoms with Crippen LogP contribution in [0.4, 0.5) is 0 Å². The SMILES string of the molecule is COc1cc(C=C2SC3NC4CCCCC4C(=O)N3C2=O)cc(OC)c1OC. The molecule has 1 aromatic rings. The number of benzene rings is 1. The second kappa shape index (κ2) is 7.67. The van der Waals surface area contributed by atoms with Crippen LogP contribution in [-0.2, 0) is 9.59 Å². The summed E-state index contributed by atoms with van der Waals surface area (Å²) < 4.78 is 16.1. The number of hydrogen-bond donors (Lipinski definition) is 1. The van der Waals surface area contributed by atoms with Crippen LogP contribution in [0.5, 0.6) is 17.2 Å². The fourth-order valence-corrected chi connectivity index (χ4v) is 5.38. The van der Waals surface area contributed by atoms with Crippen LogP contribution in [0.3, 0.4) is 0 Å². The number of fused-ring (bicyclic) bond motifs is 2. The number of nitrogens with one attached hydrogen (secondary N) is 1. The highest BCUT2D eigenvalue weighted by Gasteiger charge is 2.50. The summed E-state index contributed by atoms with van der Waals surface area (Å²) >= 11 is 1.39. The van der Waals surface area contributed by atoms with Gasteiger partial charge < -0.3 is 14.2 Å². The van der Waals surface area contributed by atoms with E-state index in [4.69, 9.17) is 14.2 Å². The molecule has 150 valence electrons. The number of nitrogens with zero attached hydrogens (tertiary/aromatic N) is 1. The average Bonchev–Trinajstić information content (AvgIpc) is 3.02. The third-order valence-corrected chi connectivity index (χ3v) is 6.68. The number of carbonyl (C=O) groups excluding carboxylic acids is 2. The summed E-state index contributed by atoms with van der Waals surface area (Å²) in [4.78, 5) is 27.8. The Morgan fingerprint density at radius 2 is 1.75 bits per heavy atom. The van der Waals surface area contributed by atoms with E-state index >= 15 is 0 Å². The van der Waals surface area contributed by atoms with E-state index in [0.29, 0.717) is 22.2 Å². The fraction of sp³-hybridized carbons (Fsp3) is 0.500. The Bertz CT molecular complexity index is 815. The molecule has 0 radical (unpaired) electrons. The normalized spacial score (nSPS) is 28.2. The van der Waals surface area contributed by atoms with Crippen LogP contribution in [0.2, 0.25) is 0 Å². The maximum absolute atomic E-state index is 12.9. The maximum atomic E-state index is 12.9. The molecule has 3 atom stereocenters. The minimum atomic E-state index is -0.326. The maximum Gasteiger partial charge on any atom is 0.269 e. The molecule has 28 heavy (non-hydrogen) atoms. The van der Waals surface area contributed by atoms with Gasteiger partial charge in [-0.15, -0.1) is 0 Å². The van der Waals surface area contributed by atoms with Crippen LogP contribution in [0.15, 0.2) is 17.0 Å². The van der Waals surface area contributed by atoms with Gasteiger partial charge in [0.25, 0.3) is 5.91 Å². The lowest BCUT2D eigenvalue weighted by Crippen LogP contribution is -2.61. The van der Waals surface area contributed by atoms with E-state index in [9.17, 15) is 9.59 Å². The van der Waals surface area contributed by atoms with Gasteiger partial charge in [-0.05, 0) is 36.6 Å². The lowest BCUT2D eigenvalue weighted by Gasteiger charge is -2.41. The Hall–Kier alpha value is -2.19. The van der Waals surface area contributed by atoms with Crippen LogP contribution >= 0.6 is 11.8 Å². The van der Waals surface area contributed by atoms with E-state index in [-0.39, 0.29) is 29.3 Å². The molecule has 1 saturated carbocycles. The number of amides is 2. The zero-order valence-corrected chi connectivity index (χ0v) is 17.0. The Kier molecular flexibility index (Phi) is 5.25. The molecular formula is C20H24N2O5S. The highest BCUT2D eigenvalue weighted by molar-refractivity contribution is 8.05. The van der Waals surface area contributed by atoms with Gasteiger partial charge >= 0.3 is 0 Å². The second-order valence-electron chi connectivity index (χ2n) is 7.11. The smallest absolute Gasteiger partial charge is 0.269 e. The zero-order chi connectivity index (χ0) is 19.8. The lowest BCUT2D eigenvalue weighted by atomic mass is 9.82. The van der Waals surface area contributed by atoms with E-state index < -0.39 is 0 Å². The van der Waals surface area contributed by atoms with Crippen LogP contribution in [0, 0.1) is 5.92 Å². The van der Waals surface area contributed by atoms with Crippen molar-refractivity contribution in [3.05, 3.63) is 22.6 Å². The monoisotopic (exact) mass is 404 g/mol. The number of methoxy groups -OCH3 is 3. The van der Waals surface area contributed by atoms with E-state index in [1.165, 1.54) is 16.7 Å². The minimum Gasteiger partial charge on any atom is -0.493 e. The molecule has 2 amide bonds. The van der Waals surface area contributed by atoms with Gasteiger partial charge in [0.15, 0.2) is 11.5 Å². The van der Waals surface area contributed by atoms with Crippen molar-refractivity contribution >= 4 is 29.7 Å². The van der Waals surface area contributed by atoms with Crippen LogP contribution < -0.4 is 19.5 Å².